The molecule has 13 rings (SSSR count). The zero-order valence-corrected chi connectivity index (χ0v) is 41.7. The Kier molecular flexibility index (Phi) is 12.5. The van der Waals surface area contributed by atoms with E-state index in [9.17, 15) is 5.26 Å². The Labute approximate surface area is 437 Å². The molecule has 356 valence electrons. The third-order valence-corrected chi connectivity index (χ3v) is 14.1. The van der Waals surface area contributed by atoms with Crippen LogP contribution in [0.4, 0.5) is 34.1 Å². The van der Waals surface area contributed by atoms with Gasteiger partial charge >= 0.3 is 0 Å². The fourth-order valence-electron chi connectivity index (χ4n) is 10.6. The summed E-state index contributed by atoms with van der Waals surface area (Å²) in [5, 5.41) is 16.8. The molecular weight excluding hydrogens is 911 g/mol. The lowest BCUT2D eigenvalue weighted by molar-refractivity contribution is 0.670. The minimum Gasteiger partial charge on any atom is -0.455 e. The number of hydrogen-bond donors (Lipinski definition) is 0. The highest BCUT2D eigenvalue weighted by atomic mass is 16.3. The summed E-state index contributed by atoms with van der Waals surface area (Å²) in [6.45, 7) is 4.00. The molecule has 12 aromatic carbocycles. The Bertz CT molecular complexity index is 4000. The second-order valence-electron chi connectivity index (χ2n) is 18.4. The van der Waals surface area contributed by atoms with E-state index in [0.29, 0.717) is 11.1 Å². The first-order valence-corrected chi connectivity index (χ1v) is 25.6. The van der Waals surface area contributed by atoms with E-state index >= 15 is 0 Å². The Balaban J connectivity index is 0.00000281. The first-order valence-electron chi connectivity index (χ1n) is 25.6. The van der Waals surface area contributed by atoms with E-state index < -0.39 is 0 Å². The van der Waals surface area contributed by atoms with Gasteiger partial charge in [0.15, 0.2) is 0 Å². The Morgan fingerprint density at radius 2 is 0.733 bits per heavy atom. The Morgan fingerprint density at radius 1 is 0.320 bits per heavy atom. The van der Waals surface area contributed by atoms with Crippen LogP contribution in [0.3, 0.4) is 0 Å². The molecule has 0 unspecified atom stereocenters. The van der Waals surface area contributed by atoms with Gasteiger partial charge in [-0.25, -0.2) is 0 Å². The molecule has 1 aromatic heterocycles. The van der Waals surface area contributed by atoms with Gasteiger partial charge in [-0.2, -0.15) is 5.26 Å². The van der Waals surface area contributed by atoms with Gasteiger partial charge in [-0.1, -0.05) is 202 Å². The van der Waals surface area contributed by atoms with Crippen molar-refractivity contribution in [3.05, 3.63) is 279 Å². The van der Waals surface area contributed by atoms with Crippen LogP contribution in [0.5, 0.6) is 0 Å². The molecule has 0 aliphatic carbocycles. The fourth-order valence-corrected chi connectivity index (χ4v) is 10.6. The topological polar surface area (TPSA) is 43.4 Å². The van der Waals surface area contributed by atoms with E-state index in [1.54, 1.807) is 0 Å². The first kappa shape index (κ1) is 46.1. The number of para-hydroxylation sites is 3. The van der Waals surface area contributed by atoms with Crippen molar-refractivity contribution in [3.8, 4) is 50.6 Å². The number of hydrogen-bond acceptors (Lipinski definition) is 4. The number of rotatable bonds is 10. The van der Waals surface area contributed by atoms with Crippen LogP contribution < -0.4 is 9.80 Å². The summed E-state index contributed by atoms with van der Waals surface area (Å²) in [5.74, 6) is 0. The van der Waals surface area contributed by atoms with Gasteiger partial charge in [0, 0.05) is 50.5 Å². The molecule has 1 heterocycles. The maximum absolute atomic E-state index is 10.1. The van der Waals surface area contributed by atoms with Crippen molar-refractivity contribution in [2.45, 2.75) is 13.8 Å². The van der Waals surface area contributed by atoms with Gasteiger partial charge in [0.25, 0.3) is 0 Å². The summed E-state index contributed by atoms with van der Waals surface area (Å²) in [4.78, 5) is 4.71. The van der Waals surface area contributed by atoms with Gasteiger partial charge in [0.2, 0.25) is 0 Å². The Hall–Kier alpha value is -9.95. The van der Waals surface area contributed by atoms with Gasteiger partial charge in [-0.05, 0) is 145 Å². The van der Waals surface area contributed by atoms with E-state index in [1.807, 2.05) is 50.2 Å². The van der Waals surface area contributed by atoms with Gasteiger partial charge in [0.1, 0.15) is 11.2 Å². The van der Waals surface area contributed by atoms with Crippen LogP contribution in [0, 0.1) is 11.3 Å². The van der Waals surface area contributed by atoms with Crippen LogP contribution in [0.1, 0.15) is 19.4 Å². The highest BCUT2D eigenvalue weighted by Crippen LogP contribution is 2.45. The van der Waals surface area contributed by atoms with Crippen molar-refractivity contribution >= 4 is 77.6 Å². The van der Waals surface area contributed by atoms with E-state index in [0.717, 1.165) is 83.9 Å². The van der Waals surface area contributed by atoms with Crippen LogP contribution in [0.15, 0.2) is 277 Å². The molecule has 4 nitrogen and oxygen atoms in total. The monoisotopic (exact) mass is 961 g/mol. The summed E-state index contributed by atoms with van der Waals surface area (Å²) < 4.78 is 6.49. The lowest BCUT2D eigenvalue weighted by Crippen LogP contribution is -2.13. The average Bonchev–Trinajstić information content (AvgIpc) is 3.90. The molecule has 0 aliphatic rings. The van der Waals surface area contributed by atoms with Crippen molar-refractivity contribution in [1.29, 1.82) is 5.26 Å². The molecule has 0 radical (unpaired) electrons. The van der Waals surface area contributed by atoms with Crippen LogP contribution in [0.25, 0.3) is 88.0 Å². The van der Waals surface area contributed by atoms with Gasteiger partial charge in [-0.15, -0.1) is 0 Å². The molecule has 0 saturated carbocycles. The number of fused-ring (bicyclic) bond motifs is 5. The second kappa shape index (κ2) is 20.3. The third-order valence-electron chi connectivity index (χ3n) is 14.1. The minimum atomic E-state index is 0.599. The SMILES string of the molecule is CC.N#Cc1ccc(-c2ccc(-c3cc(N(c4ccccc4)c4ccc(-c5cccc6ccccc56)cc4)cc(N(c4ccccc4)c4ccc(-c5cccc6ccccc56)cc4)c3)cc2)c2oc3ccccc3c12. The van der Waals surface area contributed by atoms with Crippen molar-refractivity contribution in [3.63, 3.8) is 0 Å². The van der Waals surface area contributed by atoms with Crippen LogP contribution in [-0.2, 0) is 0 Å². The molecule has 0 bridgehead atoms. The number of nitrogens with zero attached hydrogens (tertiary/aromatic N) is 3. The van der Waals surface area contributed by atoms with Crippen LogP contribution in [0.2, 0.25) is 0 Å². The molecule has 75 heavy (non-hydrogen) atoms. The van der Waals surface area contributed by atoms with Gasteiger partial charge < -0.3 is 14.2 Å². The first-order chi connectivity index (χ1) is 37.1. The van der Waals surface area contributed by atoms with E-state index in [4.69, 9.17) is 4.42 Å². The number of nitriles is 1. The van der Waals surface area contributed by atoms with E-state index in [2.05, 4.69) is 252 Å². The highest BCUT2D eigenvalue weighted by Gasteiger charge is 2.21. The van der Waals surface area contributed by atoms with Crippen LogP contribution >= 0.6 is 0 Å². The zero-order chi connectivity index (χ0) is 50.7. The number of benzene rings is 12. The quantitative estimate of drug-likeness (QED) is 0.137. The average molecular weight is 962 g/mol. The Morgan fingerprint density at radius 3 is 1.25 bits per heavy atom. The smallest absolute Gasteiger partial charge is 0.144 e. The van der Waals surface area contributed by atoms with Crippen molar-refractivity contribution in [1.82, 2.24) is 0 Å². The normalized spacial score (nSPS) is 11.1. The summed E-state index contributed by atoms with van der Waals surface area (Å²) >= 11 is 0. The summed E-state index contributed by atoms with van der Waals surface area (Å²) in [6.07, 6.45) is 0. The minimum absolute atomic E-state index is 0.599. The van der Waals surface area contributed by atoms with Crippen molar-refractivity contribution < 1.29 is 4.42 Å². The largest absolute Gasteiger partial charge is 0.455 e. The lowest BCUT2D eigenvalue weighted by Gasteiger charge is -2.30. The molecule has 0 aliphatic heterocycles. The molecule has 0 atom stereocenters. The highest BCUT2D eigenvalue weighted by molar-refractivity contribution is 6.12. The standard InChI is InChI=1S/C69H45N3O.C2H6/c70-46-53-37-42-65(69-68(53)66-25-11-12-28-67(66)73-69)52-31-29-47(30-32-52)54-43-59(71(55-19-3-1-4-20-55)57-38-33-50(34-39-57)63-26-13-17-48-15-7-9-23-61(48)63)45-60(44-54)72(56-21-5-2-6-22-56)58-40-35-51(36-41-58)64-27-14-18-49-16-8-10-24-62(49)64;1-2/h1-45H;1-2H3. The maximum Gasteiger partial charge on any atom is 0.144 e. The zero-order valence-electron chi connectivity index (χ0n) is 41.7. The summed E-state index contributed by atoms with van der Waals surface area (Å²) in [6, 6.07) is 99.3. The molecule has 0 fully saturated rings. The molecule has 0 spiro atoms. The fraction of sp³-hybridized carbons (Fsp3) is 0.0282. The maximum atomic E-state index is 10.1. The summed E-state index contributed by atoms with van der Waals surface area (Å²) in [5.41, 5.74) is 17.0. The molecule has 0 saturated heterocycles. The van der Waals surface area contributed by atoms with Crippen molar-refractivity contribution in [2.75, 3.05) is 9.80 Å². The van der Waals surface area contributed by atoms with Gasteiger partial charge in [0.05, 0.1) is 11.6 Å². The lowest BCUT2D eigenvalue weighted by atomic mass is 9.96. The van der Waals surface area contributed by atoms with Gasteiger partial charge in [-0.3, -0.25) is 0 Å². The molecular formula is C71H51N3O. The molecule has 0 N–H and O–H groups in total. The molecule has 0 amide bonds. The van der Waals surface area contributed by atoms with Crippen molar-refractivity contribution in [2.24, 2.45) is 0 Å². The predicted octanol–water partition coefficient (Wildman–Crippen LogP) is 20.4. The third kappa shape index (κ3) is 8.73. The number of anilines is 6. The molecule has 13 aromatic rings. The summed E-state index contributed by atoms with van der Waals surface area (Å²) in [7, 11) is 0. The van der Waals surface area contributed by atoms with E-state index in [1.165, 1.54) is 32.7 Å². The predicted molar refractivity (Wildman–Crippen MR) is 316 cm³/mol. The molecule has 4 heteroatoms. The second-order valence-corrected chi connectivity index (χ2v) is 18.4. The number of furan rings is 1. The van der Waals surface area contributed by atoms with Crippen LogP contribution in [-0.4, -0.2) is 0 Å². The van der Waals surface area contributed by atoms with E-state index in [-0.39, 0.29) is 0 Å².